The summed E-state index contributed by atoms with van der Waals surface area (Å²) in [5.41, 5.74) is 0. The van der Waals surface area contributed by atoms with E-state index in [0.717, 1.165) is 0 Å². The van der Waals surface area contributed by atoms with Crippen LogP contribution in [0.25, 0.3) is 0 Å². The third-order valence-corrected chi connectivity index (χ3v) is 1.47. The second-order valence-electron chi connectivity index (χ2n) is 2.65. The van der Waals surface area contributed by atoms with E-state index in [9.17, 15) is 0 Å². The molecule has 0 bridgehead atoms. The summed E-state index contributed by atoms with van der Waals surface area (Å²) in [4.78, 5) is 0. The van der Waals surface area contributed by atoms with Crippen molar-refractivity contribution in [3.05, 3.63) is 0 Å². The zero-order chi connectivity index (χ0) is 11.1. The highest BCUT2D eigenvalue weighted by Gasteiger charge is 2.25. The molecular formula is C9H9B3N3. The second kappa shape index (κ2) is 5.89. The number of hydrogen-bond donors (Lipinski definition) is 0. The first-order valence-electron chi connectivity index (χ1n) is 4.47. The van der Waals surface area contributed by atoms with Gasteiger partial charge in [0.15, 0.2) is 0 Å². The fourth-order valence-corrected chi connectivity index (χ4v) is 1.05. The van der Waals surface area contributed by atoms with Crippen molar-refractivity contribution in [3.8, 4) is 35.9 Å². The average Bonchev–Trinajstić information content (AvgIpc) is 2.19. The van der Waals surface area contributed by atoms with Gasteiger partial charge in [-0.1, -0.05) is 17.8 Å². The van der Waals surface area contributed by atoms with Gasteiger partial charge in [-0.25, -0.2) is 0 Å². The summed E-state index contributed by atoms with van der Waals surface area (Å²) in [7, 11) is 5.38. The van der Waals surface area contributed by atoms with Crippen molar-refractivity contribution < 1.29 is 0 Å². The van der Waals surface area contributed by atoms with E-state index in [1.807, 2.05) is 0 Å². The van der Waals surface area contributed by atoms with Gasteiger partial charge in [0.25, 0.3) is 0 Å². The highest BCUT2D eigenvalue weighted by atomic mass is 15.2. The lowest BCUT2D eigenvalue weighted by Gasteiger charge is -2.33. The maximum Gasteiger partial charge on any atom is 0.381 e. The summed E-state index contributed by atoms with van der Waals surface area (Å²) in [6, 6.07) is 8.68. The van der Waals surface area contributed by atoms with Crippen LogP contribution in [0.4, 0.5) is 0 Å². The van der Waals surface area contributed by atoms with Gasteiger partial charge in [-0.3, -0.25) is 0 Å². The minimum absolute atomic E-state index is 1.72. The van der Waals surface area contributed by atoms with E-state index in [-0.39, 0.29) is 0 Å². The molecule has 0 aromatic rings. The fourth-order valence-electron chi connectivity index (χ4n) is 1.05. The first kappa shape index (κ1) is 11.4. The molecule has 3 nitrogen and oxygen atoms in total. The summed E-state index contributed by atoms with van der Waals surface area (Å²) in [6.07, 6.45) is 0. The van der Waals surface area contributed by atoms with E-state index in [1.165, 1.54) is 0 Å². The molecule has 1 heterocycles. The normalized spacial score (nSPS) is 12.6. The largest absolute Gasteiger partial charge is 0.387 e. The van der Waals surface area contributed by atoms with E-state index in [0.29, 0.717) is 0 Å². The molecule has 3 radical (unpaired) electrons. The Labute approximate surface area is 94.0 Å². The predicted molar refractivity (Wildman–Crippen MR) is 63.1 cm³/mol. The Morgan fingerprint density at radius 1 is 0.600 bits per heavy atom. The average molecular weight is 192 g/mol. The number of hydrogen-bond acceptors (Lipinski definition) is 3. The third-order valence-electron chi connectivity index (χ3n) is 1.47. The Balaban J connectivity index is 2.72. The summed E-state index contributed by atoms with van der Waals surface area (Å²) in [5, 5.41) is 0. The Kier molecular flexibility index (Phi) is 4.46. The van der Waals surface area contributed by atoms with E-state index < -0.39 is 0 Å². The Morgan fingerprint density at radius 2 is 0.867 bits per heavy atom. The van der Waals surface area contributed by atoms with Gasteiger partial charge in [0.05, 0.1) is 0 Å². The van der Waals surface area contributed by atoms with Crippen LogP contribution >= 0.6 is 0 Å². The molecule has 0 atom stereocenters. The van der Waals surface area contributed by atoms with Gasteiger partial charge in [-0.05, 0) is 38.9 Å². The molecule has 69 valence electrons. The molecule has 0 saturated carbocycles. The molecule has 1 rings (SSSR count). The second-order valence-corrected chi connectivity index (χ2v) is 2.65. The van der Waals surface area contributed by atoms with E-state index in [1.54, 1.807) is 57.6 Å². The third kappa shape index (κ3) is 3.49. The van der Waals surface area contributed by atoms with Gasteiger partial charge in [0, 0.05) is 0 Å². The molecule has 0 amide bonds. The number of rotatable bonds is 0. The van der Waals surface area contributed by atoms with Crippen LogP contribution in [0.3, 0.4) is 0 Å². The van der Waals surface area contributed by atoms with Crippen LogP contribution in [0.15, 0.2) is 0 Å². The standard InChI is InChI=1S/C9H9B3N3/c1-4-7-13-10-14(8-5-2)12-15(11-13)9-6-3/h1-3H3. The summed E-state index contributed by atoms with van der Waals surface area (Å²) in [5.74, 6) is 8.44. The summed E-state index contributed by atoms with van der Waals surface area (Å²) in [6.45, 7) is 5.35. The highest BCUT2D eigenvalue weighted by Crippen LogP contribution is 1.97. The lowest BCUT2D eigenvalue weighted by atomic mass is 9.75. The minimum atomic E-state index is 1.72. The fraction of sp³-hybridized carbons (Fsp3) is 0.333. The molecule has 15 heavy (non-hydrogen) atoms. The van der Waals surface area contributed by atoms with Crippen LogP contribution in [-0.4, -0.2) is 36.8 Å². The van der Waals surface area contributed by atoms with Gasteiger partial charge >= 0.3 is 22.6 Å². The molecule has 0 aliphatic carbocycles. The molecule has 0 unspecified atom stereocenters. The Morgan fingerprint density at radius 3 is 1.07 bits per heavy atom. The Bertz CT molecular complexity index is 322. The molecule has 0 aromatic carbocycles. The minimum Gasteiger partial charge on any atom is -0.387 e. The molecule has 1 saturated heterocycles. The first-order chi connectivity index (χ1) is 7.30. The summed E-state index contributed by atoms with van der Waals surface area (Å²) < 4.78 is 5.15. The highest BCUT2D eigenvalue weighted by molar-refractivity contribution is 6.66. The van der Waals surface area contributed by atoms with Gasteiger partial charge in [0.2, 0.25) is 0 Å². The molecule has 0 spiro atoms. The van der Waals surface area contributed by atoms with E-state index in [4.69, 9.17) is 0 Å². The van der Waals surface area contributed by atoms with E-state index >= 15 is 0 Å². The SMILES string of the molecule is CC#CN1[B]N(C#CC)[B]N(C#CC)[B]1. The van der Waals surface area contributed by atoms with Crippen LogP contribution in [0, 0.1) is 35.9 Å². The topological polar surface area (TPSA) is 9.72 Å². The number of nitrogens with zero attached hydrogens (tertiary/aromatic N) is 3. The molecule has 1 fully saturated rings. The van der Waals surface area contributed by atoms with Crippen molar-refractivity contribution in [3.63, 3.8) is 0 Å². The maximum atomic E-state index is 2.89. The van der Waals surface area contributed by atoms with Gasteiger partial charge in [-0.2, -0.15) is 0 Å². The van der Waals surface area contributed by atoms with Crippen molar-refractivity contribution in [1.29, 1.82) is 0 Å². The molecule has 6 heteroatoms. The van der Waals surface area contributed by atoms with Crippen molar-refractivity contribution in [2.45, 2.75) is 20.8 Å². The van der Waals surface area contributed by atoms with E-state index in [2.05, 4.69) is 35.9 Å². The first-order valence-corrected chi connectivity index (χ1v) is 4.47. The van der Waals surface area contributed by atoms with Crippen molar-refractivity contribution in [2.24, 2.45) is 0 Å². The van der Waals surface area contributed by atoms with Crippen molar-refractivity contribution in [2.75, 3.05) is 0 Å². The van der Waals surface area contributed by atoms with Gasteiger partial charge < -0.3 is 14.2 Å². The zero-order valence-electron chi connectivity index (χ0n) is 9.07. The predicted octanol–water partition coefficient (Wildman–Crippen LogP) is -0.549. The lowest BCUT2D eigenvalue weighted by Crippen LogP contribution is -2.56. The molecule has 1 aliphatic rings. The van der Waals surface area contributed by atoms with Crippen LogP contribution in [-0.2, 0) is 0 Å². The molecule has 0 aromatic heterocycles. The molecule has 0 N–H and O–H groups in total. The molecular weight excluding hydrogens is 183 g/mol. The van der Waals surface area contributed by atoms with Crippen LogP contribution < -0.4 is 0 Å². The van der Waals surface area contributed by atoms with Gasteiger partial charge in [-0.15, -0.1) is 0 Å². The lowest BCUT2D eigenvalue weighted by molar-refractivity contribution is 0.717. The van der Waals surface area contributed by atoms with Crippen molar-refractivity contribution >= 4 is 22.6 Å². The molecule has 1 aliphatic heterocycles. The smallest absolute Gasteiger partial charge is 0.381 e. The summed E-state index contributed by atoms with van der Waals surface area (Å²) >= 11 is 0. The maximum absolute atomic E-state index is 2.89. The zero-order valence-corrected chi connectivity index (χ0v) is 9.07. The van der Waals surface area contributed by atoms with Gasteiger partial charge in [0.1, 0.15) is 0 Å². The quantitative estimate of drug-likeness (QED) is 0.376. The van der Waals surface area contributed by atoms with Crippen LogP contribution in [0.5, 0.6) is 0 Å². The Hall–Kier alpha value is -1.73. The van der Waals surface area contributed by atoms with Crippen LogP contribution in [0.1, 0.15) is 20.8 Å². The van der Waals surface area contributed by atoms with Crippen LogP contribution in [0.2, 0.25) is 0 Å². The monoisotopic (exact) mass is 192 g/mol. The van der Waals surface area contributed by atoms with Crippen molar-refractivity contribution in [1.82, 2.24) is 14.2 Å².